The highest BCUT2D eigenvalue weighted by atomic mass is 16.5. The maximum atomic E-state index is 12.5. The first-order chi connectivity index (χ1) is 11.0. The van der Waals surface area contributed by atoms with Crippen LogP contribution in [0.2, 0.25) is 0 Å². The van der Waals surface area contributed by atoms with Crippen LogP contribution in [-0.2, 0) is 11.2 Å². The summed E-state index contributed by atoms with van der Waals surface area (Å²) in [5, 5.41) is 9.73. The van der Waals surface area contributed by atoms with Gasteiger partial charge in [0, 0.05) is 38.3 Å². The van der Waals surface area contributed by atoms with Crippen LogP contribution in [0.25, 0.3) is 0 Å². The molecule has 1 heterocycles. The topological polar surface area (TPSA) is 53.0 Å². The summed E-state index contributed by atoms with van der Waals surface area (Å²) in [6.07, 6.45) is 0.878. The third kappa shape index (κ3) is 4.94. The minimum atomic E-state index is -0.270. The lowest BCUT2D eigenvalue weighted by atomic mass is 10.1. The summed E-state index contributed by atoms with van der Waals surface area (Å²) in [5.74, 6) is 0.915. The van der Waals surface area contributed by atoms with Crippen LogP contribution < -0.4 is 4.74 Å². The number of carbonyl (C=O) groups excluding carboxylic acids is 1. The first-order valence-corrected chi connectivity index (χ1v) is 8.35. The number of aliphatic hydroxyl groups excluding tert-OH is 1. The number of hydrogen-bond acceptors (Lipinski definition) is 4. The second-order valence-corrected chi connectivity index (χ2v) is 6.24. The van der Waals surface area contributed by atoms with Gasteiger partial charge in [-0.25, -0.2) is 0 Å². The molecular weight excluding hydrogens is 292 g/mol. The van der Waals surface area contributed by atoms with Crippen LogP contribution in [0.1, 0.15) is 24.5 Å². The molecular formula is C18H28N2O3. The molecule has 0 spiro atoms. The second kappa shape index (κ2) is 8.31. The van der Waals surface area contributed by atoms with Crippen molar-refractivity contribution in [2.24, 2.45) is 0 Å². The van der Waals surface area contributed by atoms with Gasteiger partial charge in [-0.15, -0.1) is 0 Å². The monoisotopic (exact) mass is 320 g/mol. The maximum absolute atomic E-state index is 12.5. The quantitative estimate of drug-likeness (QED) is 0.862. The molecule has 1 aliphatic heterocycles. The molecule has 1 aromatic carbocycles. The first kappa shape index (κ1) is 17.8. The maximum Gasteiger partial charge on any atom is 0.227 e. The van der Waals surface area contributed by atoms with Gasteiger partial charge in [-0.05, 0) is 19.4 Å². The zero-order valence-corrected chi connectivity index (χ0v) is 14.4. The lowest BCUT2D eigenvalue weighted by molar-refractivity contribution is -0.132. The molecule has 0 radical (unpaired) electrons. The lowest BCUT2D eigenvalue weighted by Gasteiger charge is -2.35. The summed E-state index contributed by atoms with van der Waals surface area (Å²) in [6.45, 7) is 7.81. The van der Waals surface area contributed by atoms with Crippen LogP contribution >= 0.6 is 0 Å². The van der Waals surface area contributed by atoms with Crippen LogP contribution in [0.5, 0.6) is 5.75 Å². The molecule has 0 aliphatic carbocycles. The smallest absolute Gasteiger partial charge is 0.227 e. The molecule has 5 nitrogen and oxygen atoms in total. The van der Waals surface area contributed by atoms with Crippen molar-refractivity contribution in [1.82, 2.24) is 9.80 Å². The Balaban J connectivity index is 1.89. The Morgan fingerprint density at radius 3 is 2.61 bits per heavy atom. The van der Waals surface area contributed by atoms with Crippen LogP contribution in [0.15, 0.2) is 18.2 Å². The van der Waals surface area contributed by atoms with Gasteiger partial charge < -0.3 is 14.7 Å². The van der Waals surface area contributed by atoms with Crippen molar-refractivity contribution in [1.29, 1.82) is 0 Å². The van der Waals surface area contributed by atoms with Crippen LogP contribution in [-0.4, -0.2) is 66.8 Å². The SMILES string of the molecule is CCC(O)CN1CCN(C(=O)Cc2cc(C)ccc2OC)CC1. The van der Waals surface area contributed by atoms with E-state index in [0.717, 1.165) is 49.5 Å². The molecule has 23 heavy (non-hydrogen) atoms. The predicted octanol–water partition coefficient (Wildman–Crippen LogP) is 1.46. The van der Waals surface area contributed by atoms with E-state index in [-0.39, 0.29) is 12.0 Å². The van der Waals surface area contributed by atoms with Gasteiger partial charge in [-0.1, -0.05) is 24.6 Å². The number of nitrogens with zero attached hydrogens (tertiary/aromatic N) is 2. The van der Waals surface area contributed by atoms with Crippen molar-refractivity contribution >= 4 is 5.91 Å². The van der Waals surface area contributed by atoms with Gasteiger partial charge in [0.05, 0.1) is 19.6 Å². The Kier molecular flexibility index (Phi) is 6.42. The Labute approximate surface area is 138 Å². The molecule has 1 unspecified atom stereocenters. The van der Waals surface area contributed by atoms with E-state index < -0.39 is 0 Å². The Morgan fingerprint density at radius 1 is 1.30 bits per heavy atom. The number of methoxy groups -OCH3 is 1. The summed E-state index contributed by atoms with van der Waals surface area (Å²) in [4.78, 5) is 16.7. The molecule has 0 saturated carbocycles. The molecule has 0 bridgehead atoms. The number of amides is 1. The van der Waals surface area contributed by atoms with Gasteiger partial charge in [0.1, 0.15) is 5.75 Å². The van der Waals surface area contributed by atoms with Crippen LogP contribution in [0.4, 0.5) is 0 Å². The van der Waals surface area contributed by atoms with E-state index in [9.17, 15) is 9.90 Å². The number of aliphatic hydroxyl groups is 1. The average Bonchev–Trinajstić information content (AvgIpc) is 2.55. The molecule has 1 N–H and O–H groups in total. The molecule has 128 valence electrons. The highest BCUT2D eigenvalue weighted by molar-refractivity contribution is 5.79. The van der Waals surface area contributed by atoms with Crippen molar-refractivity contribution in [2.75, 3.05) is 39.8 Å². The van der Waals surface area contributed by atoms with Gasteiger partial charge in [-0.2, -0.15) is 0 Å². The van der Waals surface area contributed by atoms with E-state index in [1.165, 1.54) is 0 Å². The number of carbonyl (C=O) groups is 1. The molecule has 2 rings (SSSR count). The molecule has 1 atom stereocenters. The van der Waals surface area contributed by atoms with Crippen LogP contribution in [0, 0.1) is 6.92 Å². The summed E-state index contributed by atoms with van der Waals surface area (Å²) in [5.41, 5.74) is 2.08. The highest BCUT2D eigenvalue weighted by Crippen LogP contribution is 2.21. The van der Waals surface area contributed by atoms with Gasteiger partial charge >= 0.3 is 0 Å². The normalized spacial score (nSPS) is 17.1. The third-order valence-electron chi connectivity index (χ3n) is 4.44. The zero-order chi connectivity index (χ0) is 16.8. The number of rotatable bonds is 6. The minimum absolute atomic E-state index is 0.143. The van der Waals surface area contributed by atoms with Crippen molar-refractivity contribution in [2.45, 2.75) is 32.8 Å². The summed E-state index contributed by atoms with van der Waals surface area (Å²) >= 11 is 0. The molecule has 0 aromatic heterocycles. The Bertz CT molecular complexity index is 525. The van der Waals surface area contributed by atoms with E-state index in [2.05, 4.69) is 4.90 Å². The van der Waals surface area contributed by atoms with Crippen molar-refractivity contribution < 1.29 is 14.6 Å². The fourth-order valence-corrected chi connectivity index (χ4v) is 2.93. The molecule has 1 amide bonds. The summed E-state index contributed by atoms with van der Waals surface area (Å²) < 4.78 is 5.35. The first-order valence-electron chi connectivity index (χ1n) is 8.35. The van der Waals surface area contributed by atoms with E-state index in [1.54, 1.807) is 7.11 Å². The fourth-order valence-electron chi connectivity index (χ4n) is 2.93. The van der Waals surface area contributed by atoms with E-state index in [0.29, 0.717) is 13.0 Å². The van der Waals surface area contributed by atoms with Crippen LogP contribution in [0.3, 0.4) is 0 Å². The van der Waals surface area contributed by atoms with Gasteiger partial charge in [-0.3, -0.25) is 9.69 Å². The van der Waals surface area contributed by atoms with E-state index in [4.69, 9.17) is 4.74 Å². The molecule has 1 saturated heterocycles. The minimum Gasteiger partial charge on any atom is -0.496 e. The van der Waals surface area contributed by atoms with E-state index >= 15 is 0 Å². The largest absolute Gasteiger partial charge is 0.496 e. The Morgan fingerprint density at radius 2 is 2.00 bits per heavy atom. The zero-order valence-electron chi connectivity index (χ0n) is 14.4. The number of ether oxygens (including phenoxy) is 1. The van der Waals surface area contributed by atoms with Gasteiger partial charge in [0.2, 0.25) is 5.91 Å². The average molecular weight is 320 g/mol. The summed E-state index contributed by atoms with van der Waals surface area (Å²) in [6, 6.07) is 5.93. The molecule has 1 aliphatic rings. The Hall–Kier alpha value is -1.59. The number of aryl methyl sites for hydroxylation is 1. The number of piperazine rings is 1. The van der Waals surface area contributed by atoms with Gasteiger partial charge in [0.15, 0.2) is 0 Å². The fraction of sp³-hybridized carbons (Fsp3) is 0.611. The molecule has 1 fully saturated rings. The van der Waals surface area contributed by atoms with Gasteiger partial charge in [0.25, 0.3) is 0 Å². The van der Waals surface area contributed by atoms with Crippen molar-refractivity contribution in [3.63, 3.8) is 0 Å². The molecule has 1 aromatic rings. The van der Waals surface area contributed by atoms with Crippen molar-refractivity contribution in [3.8, 4) is 5.75 Å². The third-order valence-corrected chi connectivity index (χ3v) is 4.44. The number of benzene rings is 1. The summed E-state index contributed by atoms with van der Waals surface area (Å²) in [7, 11) is 1.64. The molecule has 5 heteroatoms. The number of hydrogen-bond donors (Lipinski definition) is 1. The lowest BCUT2D eigenvalue weighted by Crippen LogP contribution is -2.50. The van der Waals surface area contributed by atoms with Crippen molar-refractivity contribution in [3.05, 3.63) is 29.3 Å². The predicted molar refractivity (Wildman–Crippen MR) is 90.8 cm³/mol. The number of β-amino-alcohol motifs (C(OH)–C–C–N with tert-alkyl or cyclic N) is 1. The van der Waals surface area contributed by atoms with E-state index in [1.807, 2.05) is 36.9 Å². The highest BCUT2D eigenvalue weighted by Gasteiger charge is 2.23. The standard InChI is InChI=1S/C18H28N2O3/c1-4-16(21)13-19-7-9-20(10-8-19)18(22)12-15-11-14(2)5-6-17(15)23-3/h5-6,11,16,21H,4,7-10,12-13H2,1-3H3. The second-order valence-electron chi connectivity index (χ2n) is 6.24.